The van der Waals surface area contributed by atoms with Crippen LogP contribution in [0, 0.1) is 12.7 Å². The molecule has 0 atom stereocenters. The zero-order valence-corrected chi connectivity index (χ0v) is 8.18. The summed E-state index contributed by atoms with van der Waals surface area (Å²) < 4.78 is 41.0. The third kappa shape index (κ3) is 2.49. The molecule has 0 radical (unpaired) electrons. The summed E-state index contributed by atoms with van der Waals surface area (Å²) in [4.78, 5) is 11.1. The molecule has 0 bridgehead atoms. The molecule has 1 aromatic carbocycles. The first-order chi connectivity index (χ1) is 6.93. The van der Waals surface area contributed by atoms with Crippen LogP contribution in [0.3, 0.4) is 0 Å². The van der Waals surface area contributed by atoms with Crippen molar-refractivity contribution in [3.63, 3.8) is 0 Å². The molecular formula is C10H9F3O2. The van der Waals surface area contributed by atoms with E-state index in [1.807, 2.05) is 0 Å². The van der Waals surface area contributed by atoms with Crippen molar-refractivity contribution >= 4 is 5.78 Å². The highest BCUT2D eigenvalue weighted by atomic mass is 19.3. The number of benzene rings is 1. The number of carbonyl (C=O) groups excluding carboxylic acids is 1. The Morgan fingerprint density at radius 2 is 2.00 bits per heavy atom. The highest BCUT2D eigenvalue weighted by molar-refractivity contribution is 5.96. The Bertz CT molecular complexity index is 388. The molecule has 0 aliphatic carbocycles. The van der Waals surface area contributed by atoms with Crippen LogP contribution in [0.5, 0.6) is 5.75 Å². The van der Waals surface area contributed by atoms with Crippen molar-refractivity contribution in [3.05, 3.63) is 29.1 Å². The number of hydrogen-bond acceptors (Lipinski definition) is 2. The van der Waals surface area contributed by atoms with Crippen LogP contribution in [0.2, 0.25) is 0 Å². The van der Waals surface area contributed by atoms with Crippen molar-refractivity contribution in [1.82, 2.24) is 0 Å². The molecule has 1 aromatic rings. The fraction of sp³-hybridized carbons (Fsp3) is 0.300. The van der Waals surface area contributed by atoms with E-state index in [0.29, 0.717) is 0 Å². The number of Topliss-reactive ketones (excluding diaryl/α,β-unsaturated/α-hetero) is 1. The molecule has 0 saturated carbocycles. The minimum Gasteiger partial charge on any atom is -0.431 e. The molecule has 0 unspecified atom stereocenters. The first-order valence-electron chi connectivity index (χ1n) is 4.18. The summed E-state index contributed by atoms with van der Waals surface area (Å²) >= 11 is 0. The zero-order valence-electron chi connectivity index (χ0n) is 8.18. The number of ether oxygens (including phenoxy) is 1. The van der Waals surface area contributed by atoms with Crippen molar-refractivity contribution in [2.24, 2.45) is 0 Å². The maximum absolute atomic E-state index is 13.1. The minimum atomic E-state index is -3.11. The summed E-state index contributed by atoms with van der Waals surface area (Å²) in [6.07, 6.45) is 0. The molecule has 0 aliphatic heterocycles. The average molecular weight is 218 g/mol. The Morgan fingerprint density at radius 3 is 2.47 bits per heavy atom. The highest BCUT2D eigenvalue weighted by Gasteiger charge is 2.17. The van der Waals surface area contributed by atoms with Gasteiger partial charge in [-0.2, -0.15) is 8.78 Å². The lowest BCUT2D eigenvalue weighted by Gasteiger charge is -2.11. The number of hydrogen-bond donors (Lipinski definition) is 0. The summed E-state index contributed by atoms with van der Waals surface area (Å²) in [5.74, 6) is -1.80. The maximum Gasteiger partial charge on any atom is 0.387 e. The lowest BCUT2D eigenvalue weighted by Crippen LogP contribution is -2.08. The Balaban J connectivity index is 3.24. The molecule has 0 amide bonds. The monoisotopic (exact) mass is 218 g/mol. The van der Waals surface area contributed by atoms with Gasteiger partial charge in [-0.15, -0.1) is 0 Å². The summed E-state index contributed by atoms with van der Waals surface area (Å²) in [5.41, 5.74) is 0.259. The van der Waals surface area contributed by atoms with E-state index >= 15 is 0 Å². The molecule has 0 N–H and O–H groups in total. The molecule has 0 saturated heterocycles. The van der Waals surface area contributed by atoms with Gasteiger partial charge >= 0.3 is 6.61 Å². The summed E-state index contributed by atoms with van der Waals surface area (Å²) in [7, 11) is 0. The van der Waals surface area contributed by atoms with Gasteiger partial charge in [0.15, 0.2) is 17.3 Å². The van der Waals surface area contributed by atoms with Crippen LogP contribution in [0.1, 0.15) is 22.8 Å². The minimum absolute atomic E-state index is 0.0859. The van der Waals surface area contributed by atoms with Crippen molar-refractivity contribution < 1.29 is 22.7 Å². The van der Waals surface area contributed by atoms with Gasteiger partial charge in [0, 0.05) is 11.1 Å². The van der Waals surface area contributed by atoms with Crippen LogP contribution in [0.25, 0.3) is 0 Å². The third-order valence-corrected chi connectivity index (χ3v) is 1.94. The fourth-order valence-corrected chi connectivity index (χ4v) is 1.27. The fourth-order valence-electron chi connectivity index (χ4n) is 1.27. The molecular weight excluding hydrogens is 209 g/mol. The van der Waals surface area contributed by atoms with Gasteiger partial charge in [-0.25, -0.2) is 4.39 Å². The average Bonchev–Trinajstić information content (AvgIpc) is 2.11. The Kier molecular flexibility index (Phi) is 3.34. The Hall–Kier alpha value is -1.52. The second kappa shape index (κ2) is 4.33. The van der Waals surface area contributed by atoms with E-state index in [-0.39, 0.29) is 16.9 Å². The van der Waals surface area contributed by atoms with E-state index in [9.17, 15) is 18.0 Å². The summed E-state index contributed by atoms with van der Waals surface area (Å²) in [6.45, 7) is -0.482. The molecule has 2 nitrogen and oxygen atoms in total. The van der Waals surface area contributed by atoms with Gasteiger partial charge in [-0.05, 0) is 26.0 Å². The predicted molar refractivity (Wildman–Crippen MR) is 47.8 cm³/mol. The van der Waals surface area contributed by atoms with E-state index in [4.69, 9.17) is 0 Å². The molecule has 1 rings (SSSR count). The van der Waals surface area contributed by atoms with Crippen LogP contribution in [0.4, 0.5) is 13.2 Å². The van der Waals surface area contributed by atoms with Gasteiger partial charge in [-0.3, -0.25) is 4.79 Å². The summed E-state index contributed by atoms with van der Waals surface area (Å²) in [6, 6.07) is 2.17. The van der Waals surface area contributed by atoms with Gasteiger partial charge in [0.25, 0.3) is 0 Å². The van der Waals surface area contributed by atoms with E-state index in [2.05, 4.69) is 4.74 Å². The molecule has 0 aromatic heterocycles. The van der Waals surface area contributed by atoms with Crippen LogP contribution >= 0.6 is 0 Å². The van der Waals surface area contributed by atoms with E-state index in [0.717, 1.165) is 6.07 Å². The molecule has 0 heterocycles. The predicted octanol–water partition coefficient (Wildman–Crippen LogP) is 2.94. The lowest BCUT2D eigenvalue weighted by molar-refractivity contribution is -0.0527. The maximum atomic E-state index is 13.1. The van der Waals surface area contributed by atoms with Crippen LogP contribution in [-0.2, 0) is 0 Å². The van der Waals surface area contributed by atoms with Gasteiger partial charge in [0.1, 0.15) is 0 Å². The van der Waals surface area contributed by atoms with Crippen molar-refractivity contribution in [1.29, 1.82) is 0 Å². The van der Waals surface area contributed by atoms with E-state index in [1.165, 1.54) is 19.9 Å². The first kappa shape index (κ1) is 11.6. The highest BCUT2D eigenvalue weighted by Crippen LogP contribution is 2.27. The van der Waals surface area contributed by atoms with Gasteiger partial charge in [0.2, 0.25) is 0 Å². The Labute approximate surface area is 84.7 Å². The van der Waals surface area contributed by atoms with Crippen molar-refractivity contribution in [2.45, 2.75) is 20.5 Å². The number of halogens is 3. The third-order valence-electron chi connectivity index (χ3n) is 1.94. The zero-order chi connectivity index (χ0) is 11.6. The standard InChI is InChI=1S/C10H9F3O2/c1-5-7(6(2)14)3-4-8(11)9(5)15-10(12)13/h3-4,10H,1-2H3. The Morgan fingerprint density at radius 1 is 1.40 bits per heavy atom. The van der Waals surface area contributed by atoms with Gasteiger partial charge in [-0.1, -0.05) is 0 Å². The normalized spacial score (nSPS) is 10.5. The van der Waals surface area contributed by atoms with Crippen molar-refractivity contribution in [3.8, 4) is 5.75 Å². The number of carbonyl (C=O) groups is 1. The van der Waals surface area contributed by atoms with Gasteiger partial charge < -0.3 is 4.74 Å². The molecule has 15 heavy (non-hydrogen) atoms. The molecule has 0 spiro atoms. The number of rotatable bonds is 3. The SMILES string of the molecule is CC(=O)c1ccc(F)c(OC(F)F)c1C. The molecule has 82 valence electrons. The molecule has 5 heteroatoms. The largest absolute Gasteiger partial charge is 0.431 e. The van der Waals surface area contributed by atoms with Gasteiger partial charge in [0.05, 0.1) is 0 Å². The first-order valence-corrected chi connectivity index (χ1v) is 4.18. The van der Waals surface area contributed by atoms with E-state index in [1.54, 1.807) is 0 Å². The quantitative estimate of drug-likeness (QED) is 0.729. The van der Waals surface area contributed by atoms with E-state index < -0.39 is 18.2 Å². The topological polar surface area (TPSA) is 26.3 Å². The van der Waals surface area contributed by atoms with Crippen LogP contribution in [0.15, 0.2) is 12.1 Å². The second-order valence-corrected chi connectivity index (χ2v) is 2.98. The molecule has 0 fully saturated rings. The smallest absolute Gasteiger partial charge is 0.387 e. The second-order valence-electron chi connectivity index (χ2n) is 2.98. The molecule has 0 aliphatic rings. The lowest BCUT2D eigenvalue weighted by atomic mass is 10.0. The summed E-state index contributed by atoms with van der Waals surface area (Å²) in [5, 5.41) is 0. The van der Waals surface area contributed by atoms with Crippen molar-refractivity contribution in [2.75, 3.05) is 0 Å². The number of ketones is 1. The number of alkyl halides is 2. The van der Waals surface area contributed by atoms with Crippen LogP contribution in [-0.4, -0.2) is 12.4 Å². The van der Waals surface area contributed by atoms with Crippen LogP contribution < -0.4 is 4.74 Å².